The summed E-state index contributed by atoms with van der Waals surface area (Å²) in [5.41, 5.74) is 7.65. The molecule has 3 N–H and O–H groups in total. The number of carbonyl (C=O) groups excluding carboxylic acids is 1. The maximum atomic E-state index is 12.3. The predicted molar refractivity (Wildman–Crippen MR) is 89.9 cm³/mol. The predicted octanol–water partition coefficient (Wildman–Crippen LogP) is 2.79. The Morgan fingerprint density at radius 3 is 3.00 bits per heavy atom. The largest absolute Gasteiger partial charge is 0.349 e. The van der Waals surface area contributed by atoms with Crippen molar-refractivity contribution in [2.75, 3.05) is 6.54 Å². The van der Waals surface area contributed by atoms with Crippen molar-refractivity contribution in [3.05, 3.63) is 43.8 Å². The van der Waals surface area contributed by atoms with Crippen LogP contribution in [0.3, 0.4) is 0 Å². The lowest BCUT2D eigenvalue weighted by molar-refractivity contribution is 0.0944. The van der Waals surface area contributed by atoms with Crippen LogP contribution in [0.4, 0.5) is 0 Å². The highest BCUT2D eigenvalue weighted by atomic mass is 32.1. The quantitative estimate of drug-likeness (QED) is 0.852. The van der Waals surface area contributed by atoms with E-state index in [2.05, 4.69) is 34.0 Å². The number of rotatable bonds is 4. The van der Waals surface area contributed by atoms with Gasteiger partial charge in [-0.3, -0.25) is 4.79 Å². The molecule has 0 aliphatic heterocycles. The second-order valence-electron chi connectivity index (χ2n) is 4.84. The van der Waals surface area contributed by atoms with Crippen LogP contribution in [0.1, 0.15) is 32.6 Å². The molecule has 0 bridgehead atoms. The van der Waals surface area contributed by atoms with Gasteiger partial charge in [-0.05, 0) is 54.3 Å². The third-order valence-electron chi connectivity index (χ3n) is 2.95. The van der Waals surface area contributed by atoms with E-state index in [0.29, 0.717) is 11.4 Å². The fraction of sp³-hybridized carbons (Fsp3) is 0.312. The average Bonchev–Trinajstić information content (AvgIpc) is 3.06. The Morgan fingerprint density at radius 1 is 1.52 bits per heavy atom. The summed E-state index contributed by atoms with van der Waals surface area (Å²) in [5, 5.41) is 7.19. The molecule has 0 radical (unpaired) electrons. The number of hydrogen-bond acceptors (Lipinski definition) is 4. The Labute approximate surface area is 133 Å². The Kier molecular flexibility index (Phi) is 5.57. The summed E-state index contributed by atoms with van der Waals surface area (Å²) >= 11 is 3.09. The molecule has 110 valence electrons. The molecule has 5 heteroatoms. The minimum Gasteiger partial charge on any atom is -0.349 e. The fourth-order valence-electron chi connectivity index (χ4n) is 1.96. The molecule has 1 amide bonds. The summed E-state index contributed by atoms with van der Waals surface area (Å²) in [6.45, 7) is 4.31. The normalized spacial score (nSPS) is 11.6. The van der Waals surface area contributed by atoms with Crippen LogP contribution in [0.15, 0.2) is 22.9 Å². The third kappa shape index (κ3) is 4.43. The Morgan fingerprint density at radius 2 is 2.33 bits per heavy atom. The molecular weight excluding hydrogens is 300 g/mol. The smallest absolute Gasteiger partial charge is 0.261 e. The Bertz CT molecular complexity index is 662. The first-order chi connectivity index (χ1) is 10.1. The average molecular weight is 318 g/mol. The first-order valence-corrected chi connectivity index (χ1v) is 8.47. The van der Waals surface area contributed by atoms with Gasteiger partial charge in [0, 0.05) is 6.04 Å². The van der Waals surface area contributed by atoms with Gasteiger partial charge in [-0.25, -0.2) is 0 Å². The number of thiophene rings is 2. The molecule has 0 saturated heterocycles. The second kappa shape index (κ2) is 7.41. The fourth-order valence-corrected chi connectivity index (χ4v) is 3.59. The molecular formula is C16H18N2OS2. The van der Waals surface area contributed by atoms with Gasteiger partial charge in [0.25, 0.3) is 5.91 Å². The van der Waals surface area contributed by atoms with Gasteiger partial charge in [0.15, 0.2) is 0 Å². The number of carbonyl (C=O) groups is 1. The third-order valence-corrected chi connectivity index (χ3v) is 4.83. The monoisotopic (exact) mass is 318 g/mol. The molecule has 3 nitrogen and oxygen atoms in total. The summed E-state index contributed by atoms with van der Waals surface area (Å²) < 4.78 is 0. The molecule has 0 aromatic carbocycles. The van der Waals surface area contributed by atoms with Gasteiger partial charge in [0.1, 0.15) is 0 Å². The second-order valence-corrected chi connectivity index (χ2v) is 6.67. The van der Waals surface area contributed by atoms with Gasteiger partial charge in [-0.15, -0.1) is 11.3 Å². The Hall–Kier alpha value is -1.61. The highest BCUT2D eigenvalue weighted by molar-refractivity contribution is 7.14. The lowest BCUT2D eigenvalue weighted by Gasteiger charge is -2.12. The van der Waals surface area contributed by atoms with Crippen LogP contribution in [0.2, 0.25) is 0 Å². The molecule has 21 heavy (non-hydrogen) atoms. The van der Waals surface area contributed by atoms with Gasteiger partial charge in [0.2, 0.25) is 0 Å². The molecule has 0 saturated carbocycles. The van der Waals surface area contributed by atoms with E-state index in [1.807, 2.05) is 19.9 Å². The molecule has 1 atom stereocenters. The van der Waals surface area contributed by atoms with E-state index in [0.717, 1.165) is 16.9 Å². The molecule has 2 aromatic heterocycles. The zero-order valence-electron chi connectivity index (χ0n) is 12.1. The van der Waals surface area contributed by atoms with E-state index in [4.69, 9.17) is 5.73 Å². The molecule has 2 rings (SSSR count). The van der Waals surface area contributed by atoms with Crippen molar-refractivity contribution in [2.24, 2.45) is 5.73 Å². The van der Waals surface area contributed by atoms with E-state index in [-0.39, 0.29) is 11.9 Å². The van der Waals surface area contributed by atoms with Crippen molar-refractivity contribution < 1.29 is 4.79 Å². The van der Waals surface area contributed by atoms with E-state index < -0.39 is 0 Å². The summed E-state index contributed by atoms with van der Waals surface area (Å²) in [7, 11) is 0. The van der Waals surface area contributed by atoms with Gasteiger partial charge in [-0.1, -0.05) is 11.8 Å². The number of amides is 1. The molecule has 2 heterocycles. The van der Waals surface area contributed by atoms with Crippen molar-refractivity contribution in [3.8, 4) is 11.8 Å². The Balaban J connectivity index is 2.00. The maximum absolute atomic E-state index is 12.3. The van der Waals surface area contributed by atoms with Crippen LogP contribution >= 0.6 is 22.7 Å². The zero-order valence-corrected chi connectivity index (χ0v) is 13.7. The molecule has 0 fully saturated rings. The maximum Gasteiger partial charge on any atom is 0.261 e. The van der Waals surface area contributed by atoms with Gasteiger partial charge >= 0.3 is 0 Å². The van der Waals surface area contributed by atoms with Crippen LogP contribution in [0.25, 0.3) is 0 Å². The zero-order chi connectivity index (χ0) is 15.2. The molecule has 2 aromatic rings. The van der Waals surface area contributed by atoms with E-state index in [1.54, 1.807) is 11.3 Å². The van der Waals surface area contributed by atoms with Gasteiger partial charge in [0.05, 0.1) is 16.3 Å². The molecule has 1 unspecified atom stereocenters. The molecule has 0 aliphatic rings. The summed E-state index contributed by atoms with van der Waals surface area (Å²) in [6, 6.07) is 4.08. The number of aryl methyl sites for hydroxylation is 1. The standard InChI is InChI=1S/C16H18N2OS2/c1-11-8-15(21-14(11)4-3-6-17)16(19)18-12(2)9-13-5-7-20-10-13/h5,7-8,10,12H,6,9,17H2,1-2H3,(H,18,19). The van der Waals surface area contributed by atoms with Crippen molar-refractivity contribution in [1.82, 2.24) is 5.32 Å². The van der Waals surface area contributed by atoms with Crippen LogP contribution in [-0.4, -0.2) is 18.5 Å². The highest BCUT2D eigenvalue weighted by Gasteiger charge is 2.14. The van der Waals surface area contributed by atoms with Crippen LogP contribution in [0.5, 0.6) is 0 Å². The van der Waals surface area contributed by atoms with E-state index in [1.165, 1.54) is 16.9 Å². The summed E-state index contributed by atoms with van der Waals surface area (Å²) in [4.78, 5) is 13.9. The number of hydrogen-bond donors (Lipinski definition) is 2. The molecule has 0 aliphatic carbocycles. The number of nitrogens with one attached hydrogen (secondary N) is 1. The first kappa shape index (κ1) is 15.8. The van der Waals surface area contributed by atoms with Crippen molar-refractivity contribution in [3.63, 3.8) is 0 Å². The minimum atomic E-state index is -0.0355. The lowest BCUT2D eigenvalue weighted by atomic mass is 10.1. The van der Waals surface area contributed by atoms with Crippen molar-refractivity contribution >= 4 is 28.6 Å². The summed E-state index contributed by atoms with van der Waals surface area (Å²) in [6.07, 6.45) is 0.847. The van der Waals surface area contributed by atoms with Crippen molar-refractivity contribution in [2.45, 2.75) is 26.3 Å². The first-order valence-electron chi connectivity index (χ1n) is 6.71. The minimum absolute atomic E-state index is 0.0355. The number of nitrogens with two attached hydrogens (primary N) is 1. The SMILES string of the molecule is Cc1cc(C(=O)NC(C)Cc2ccsc2)sc1C#CCN. The highest BCUT2D eigenvalue weighted by Crippen LogP contribution is 2.21. The topological polar surface area (TPSA) is 55.1 Å². The molecule has 0 spiro atoms. The van der Waals surface area contributed by atoms with E-state index >= 15 is 0 Å². The van der Waals surface area contributed by atoms with Crippen LogP contribution in [-0.2, 0) is 6.42 Å². The van der Waals surface area contributed by atoms with E-state index in [9.17, 15) is 4.79 Å². The van der Waals surface area contributed by atoms with Crippen LogP contribution in [0, 0.1) is 18.8 Å². The summed E-state index contributed by atoms with van der Waals surface area (Å²) in [5.74, 6) is 5.79. The van der Waals surface area contributed by atoms with Crippen molar-refractivity contribution in [1.29, 1.82) is 0 Å². The van der Waals surface area contributed by atoms with Crippen LogP contribution < -0.4 is 11.1 Å². The lowest BCUT2D eigenvalue weighted by Crippen LogP contribution is -2.33. The van der Waals surface area contributed by atoms with Gasteiger partial charge in [-0.2, -0.15) is 11.3 Å². The van der Waals surface area contributed by atoms with Gasteiger partial charge < -0.3 is 11.1 Å².